The van der Waals surface area contributed by atoms with Crippen LogP contribution in [0.25, 0.3) is 6.08 Å². The Hall–Kier alpha value is -2.02. The van der Waals surface area contributed by atoms with Crippen LogP contribution in [-0.4, -0.2) is 34.9 Å². The highest BCUT2D eigenvalue weighted by Crippen LogP contribution is 2.32. The summed E-state index contributed by atoms with van der Waals surface area (Å²) in [6.07, 6.45) is 2.60. The van der Waals surface area contributed by atoms with E-state index in [2.05, 4.69) is 0 Å². The molecule has 7 heteroatoms. The van der Waals surface area contributed by atoms with Crippen LogP contribution in [0.5, 0.6) is 11.5 Å². The minimum Gasteiger partial charge on any atom is -0.493 e. The molecule has 0 aromatic heterocycles. The first-order valence-electron chi connectivity index (χ1n) is 8.93. The Kier molecular flexibility index (Phi) is 7.36. The first kappa shape index (κ1) is 20.7. The van der Waals surface area contributed by atoms with Crippen LogP contribution in [-0.2, 0) is 4.79 Å². The summed E-state index contributed by atoms with van der Waals surface area (Å²) in [4.78, 5) is 14.6. The molecule has 146 valence electrons. The second-order valence-corrected chi connectivity index (χ2v) is 8.12. The average molecular weight is 434 g/mol. The van der Waals surface area contributed by atoms with Gasteiger partial charge in [-0.25, -0.2) is 0 Å². The number of halogens is 1. The molecule has 1 heterocycles. The zero-order chi connectivity index (χ0) is 19.9. The zero-order valence-electron chi connectivity index (χ0n) is 15.4. The van der Waals surface area contributed by atoms with Gasteiger partial charge in [-0.05, 0) is 55.0 Å². The summed E-state index contributed by atoms with van der Waals surface area (Å²) in [5, 5.41) is 0.687. The van der Waals surface area contributed by atoms with Gasteiger partial charge in [0.1, 0.15) is 15.8 Å². The molecule has 1 saturated heterocycles. The van der Waals surface area contributed by atoms with E-state index in [1.54, 1.807) is 17.0 Å². The van der Waals surface area contributed by atoms with Gasteiger partial charge in [0.25, 0.3) is 5.91 Å². The van der Waals surface area contributed by atoms with E-state index in [1.807, 2.05) is 49.4 Å². The highest BCUT2D eigenvalue weighted by Gasteiger charge is 2.30. The number of likely N-dealkylation sites (N-methyl/N-ethyl adjacent to an activating group) is 1. The molecule has 0 unspecified atom stereocenters. The standard InChI is InChI=1S/C21H20ClNO3S2/c1-2-23-20(24)19(28-21(23)27)14-15-5-3-6-18(13-15)26-12-4-11-25-17-9-7-16(22)8-10-17/h3,5-10,13-14H,2,4,11-12H2,1H3/b19-14+. The maximum Gasteiger partial charge on any atom is 0.266 e. The Labute approximate surface area is 179 Å². The number of benzene rings is 2. The van der Waals surface area contributed by atoms with Crippen molar-refractivity contribution in [2.75, 3.05) is 19.8 Å². The number of thioether (sulfide) groups is 1. The van der Waals surface area contributed by atoms with Gasteiger partial charge < -0.3 is 9.47 Å². The summed E-state index contributed by atoms with van der Waals surface area (Å²) < 4.78 is 12.1. The van der Waals surface area contributed by atoms with Crippen molar-refractivity contribution in [1.29, 1.82) is 0 Å². The van der Waals surface area contributed by atoms with Crippen LogP contribution in [0.15, 0.2) is 53.4 Å². The number of carbonyl (C=O) groups excluding carboxylic acids is 1. The molecule has 0 saturated carbocycles. The average Bonchev–Trinajstić information content (AvgIpc) is 2.96. The minimum atomic E-state index is -0.0387. The lowest BCUT2D eigenvalue weighted by atomic mass is 10.2. The number of hydrogen-bond acceptors (Lipinski definition) is 5. The largest absolute Gasteiger partial charge is 0.493 e. The number of thiocarbonyl (C=S) groups is 1. The highest BCUT2D eigenvalue weighted by atomic mass is 35.5. The van der Waals surface area contributed by atoms with Crippen molar-refractivity contribution in [2.45, 2.75) is 13.3 Å². The SMILES string of the molecule is CCN1C(=O)/C(=C\c2cccc(OCCCOc3ccc(Cl)cc3)c2)SC1=S. The van der Waals surface area contributed by atoms with Crippen LogP contribution in [0.2, 0.25) is 5.02 Å². The van der Waals surface area contributed by atoms with Gasteiger partial charge in [-0.3, -0.25) is 9.69 Å². The summed E-state index contributed by atoms with van der Waals surface area (Å²) in [6, 6.07) is 14.9. The third kappa shape index (κ3) is 5.50. The van der Waals surface area contributed by atoms with Gasteiger partial charge in [-0.1, -0.05) is 47.7 Å². The Morgan fingerprint density at radius 3 is 2.50 bits per heavy atom. The summed E-state index contributed by atoms with van der Waals surface area (Å²) in [7, 11) is 0. The molecule has 0 aliphatic carbocycles. The third-order valence-electron chi connectivity index (χ3n) is 3.99. The number of carbonyl (C=O) groups is 1. The topological polar surface area (TPSA) is 38.8 Å². The molecule has 0 bridgehead atoms. The van der Waals surface area contributed by atoms with E-state index < -0.39 is 0 Å². The zero-order valence-corrected chi connectivity index (χ0v) is 17.8. The number of ether oxygens (including phenoxy) is 2. The van der Waals surface area contributed by atoms with E-state index in [-0.39, 0.29) is 5.91 Å². The second-order valence-electron chi connectivity index (χ2n) is 6.00. The normalized spacial score (nSPS) is 15.4. The van der Waals surface area contributed by atoms with Crippen molar-refractivity contribution in [3.63, 3.8) is 0 Å². The van der Waals surface area contributed by atoms with E-state index in [0.717, 1.165) is 23.5 Å². The van der Waals surface area contributed by atoms with Crippen molar-refractivity contribution >= 4 is 51.9 Å². The van der Waals surface area contributed by atoms with Crippen molar-refractivity contribution in [1.82, 2.24) is 4.90 Å². The monoisotopic (exact) mass is 433 g/mol. The molecule has 0 radical (unpaired) electrons. The molecule has 28 heavy (non-hydrogen) atoms. The lowest BCUT2D eigenvalue weighted by Gasteiger charge is -2.10. The Balaban J connectivity index is 1.50. The van der Waals surface area contributed by atoms with Crippen LogP contribution in [0, 0.1) is 0 Å². The highest BCUT2D eigenvalue weighted by molar-refractivity contribution is 8.26. The fraction of sp³-hybridized carbons (Fsp3) is 0.238. The van der Waals surface area contributed by atoms with Crippen molar-refractivity contribution in [3.8, 4) is 11.5 Å². The second kappa shape index (κ2) is 9.96. The van der Waals surface area contributed by atoms with Gasteiger partial charge in [0.2, 0.25) is 0 Å². The van der Waals surface area contributed by atoms with E-state index in [0.29, 0.717) is 34.0 Å². The molecule has 0 spiro atoms. The molecule has 1 aliphatic heterocycles. The summed E-state index contributed by atoms with van der Waals surface area (Å²) in [6.45, 7) is 3.60. The van der Waals surface area contributed by atoms with Crippen molar-refractivity contribution < 1.29 is 14.3 Å². The summed E-state index contributed by atoms with van der Waals surface area (Å²) >= 11 is 12.4. The van der Waals surface area contributed by atoms with E-state index >= 15 is 0 Å². The van der Waals surface area contributed by atoms with Crippen LogP contribution in [0.3, 0.4) is 0 Å². The van der Waals surface area contributed by atoms with Crippen LogP contribution < -0.4 is 9.47 Å². The molecule has 1 amide bonds. The molecule has 4 nitrogen and oxygen atoms in total. The van der Waals surface area contributed by atoms with Crippen LogP contribution >= 0.6 is 35.6 Å². The van der Waals surface area contributed by atoms with Gasteiger partial charge in [-0.2, -0.15) is 0 Å². The summed E-state index contributed by atoms with van der Waals surface area (Å²) in [5.41, 5.74) is 0.909. The number of hydrogen-bond donors (Lipinski definition) is 0. The molecular weight excluding hydrogens is 414 g/mol. The quantitative estimate of drug-likeness (QED) is 0.316. The van der Waals surface area contributed by atoms with Gasteiger partial charge in [0.15, 0.2) is 0 Å². The van der Waals surface area contributed by atoms with E-state index in [4.69, 9.17) is 33.3 Å². The predicted molar refractivity (Wildman–Crippen MR) is 119 cm³/mol. The van der Waals surface area contributed by atoms with Gasteiger partial charge in [-0.15, -0.1) is 0 Å². The number of nitrogens with zero attached hydrogens (tertiary/aromatic N) is 1. The smallest absolute Gasteiger partial charge is 0.266 e. The Morgan fingerprint density at radius 2 is 1.82 bits per heavy atom. The van der Waals surface area contributed by atoms with Crippen LogP contribution in [0.1, 0.15) is 18.9 Å². The Morgan fingerprint density at radius 1 is 1.11 bits per heavy atom. The van der Waals surface area contributed by atoms with Crippen molar-refractivity contribution in [2.24, 2.45) is 0 Å². The molecule has 0 atom stereocenters. The van der Waals surface area contributed by atoms with Gasteiger partial charge >= 0.3 is 0 Å². The lowest BCUT2D eigenvalue weighted by molar-refractivity contribution is -0.121. The molecular formula is C21H20ClNO3S2. The van der Waals surface area contributed by atoms with Gasteiger partial charge in [0.05, 0.1) is 18.1 Å². The first-order valence-corrected chi connectivity index (χ1v) is 10.5. The van der Waals surface area contributed by atoms with E-state index in [1.165, 1.54) is 11.8 Å². The fourth-order valence-electron chi connectivity index (χ4n) is 2.59. The van der Waals surface area contributed by atoms with Crippen LogP contribution in [0.4, 0.5) is 0 Å². The molecule has 0 N–H and O–H groups in total. The fourth-order valence-corrected chi connectivity index (χ4v) is 4.10. The number of amides is 1. The maximum absolute atomic E-state index is 12.3. The van der Waals surface area contributed by atoms with Crippen molar-refractivity contribution in [3.05, 3.63) is 64.0 Å². The lowest BCUT2D eigenvalue weighted by Crippen LogP contribution is -2.27. The molecule has 2 aromatic carbocycles. The molecule has 1 aliphatic rings. The third-order valence-corrected chi connectivity index (χ3v) is 5.62. The molecule has 2 aromatic rings. The van der Waals surface area contributed by atoms with Gasteiger partial charge in [0, 0.05) is 18.0 Å². The minimum absolute atomic E-state index is 0.0387. The van der Waals surface area contributed by atoms with E-state index in [9.17, 15) is 4.79 Å². The molecule has 1 fully saturated rings. The Bertz CT molecular complexity index is 883. The maximum atomic E-state index is 12.3. The predicted octanol–water partition coefficient (Wildman–Crippen LogP) is 5.41. The first-order chi connectivity index (χ1) is 13.6. The summed E-state index contributed by atoms with van der Waals surface area (Å²) in [5.74, 6) is 1.50. The molecule has 3 rings (SSSR count). The number of rotatable bonds is 8.